The van der Waals surface area contributed by atoms with Crippen LogP contribution in [0.15, 0.2) is 28.8 Å². The number of aliphatic carboxylic acids is 1. The number of carboxylic acids is 1. The van der Waals surface area contributed by atoms with Gasteiger partial charge in [-0.05, 0) is 24.6 Å². The second-order valence-corrected chi connectivity index (χ2v) is 6.24. The Kier molecular flexibility index (Phi) is 6.71. The van der Waals surface area contributed by atoms with Crippen LogP contribution in [0.25, 0.3) is 0 Å². The van der Waals surface area contributed by atoms with Crippen molar-refractivity contribution in [3.8, 4) is 5.75 Å². The van der Waals surface area contributed by atoms with E-state index < -0.39 is 5.97 Å². The number of amides is 1. The third kappa shape index (κ3) is 5.87. The third-order valence-electron chi connectivity index (χ3n) is 3.69. The first kappa shape index (κ1) is 19.4. The molecule has 140 valence electrons. The maximum atomic E-state index is 12.1. The quantitative estimate of drug-likeness (QED) is 0.705. The number of nitrogens with one attached hydrogen (secondary N) is 1. The van der Waals surface area contributed by atoms with E-state index in [1.54, 1.807) is 24.3 Å². The van der Waals surface area contributed by atoms with Crippen LogP contribution in [-0.2, 0) is 16.0 Å². The van der Waals surface area contributed by atoms with E-state index >= 15 is 0 Å². The Bertz CT molecular complexity index is 740. The molecule has 0 fully saturated rings. The summed E-state index contributed by atoms with van der Waals surface area (Å²) in [7, 11) is 0. The summed E-state index contributed by atoms with van der Waals surface area (Å²) in [6.45, 7) is 5.43. The molecule has 2 N–H and O–H groups in total. The molecular formula is C18H23N3O5. The molecule has 2 aromatic rings. The number of nitrogens with zero attached hydrogens (tertiary/aromatic N) is 2. The van der Waals surface area contributed by atoms with Gasteiger partial charge in [-0.15, -0.1) is 0 Å². The largest absolute Gasteiger partial charge is 0.482 e. The van der Waals surface area contributed by atoms with Crippen LogP contribution >= 0.6 is 0 Å². The molecule has 0 radical (unpaired) electrons. The molecule has 0 saturated heterocycles. The average Bonchev–Trinajstić information content (AvgIpc) is 3.08. The molecule has 1 aromatic heterocycles. The van der Waals surface area contributed by atoms with E-state index in [1.807, 2.05) is 20.8 Å². The Balaban J connectivity index is 1.81. The number of carbonyl (C=O) groups excluding carboxylic acids is 1. The van der Waals surface area contributed by atoms with Crippen LogP contribution in [0.5, 0.6) is 5.75 Å². The first-order chi connectivity index (χ1) is 12.3. The van der Waals surface area contributed by atoms with Gasteiger partial charge in [0, 0.05) is 18.8 Å². The summed E-state index contributed by atoms with van der Waals surface area (Å²) in [4.78, 5) is 26.8. The molecule has 0 saturated carbocycles. The molecule has 1 amide bonds. The zero-order chi connectivity index (χ0) is 19.1. The summed E-state index contributed by atoms with van der Waals surface area (Å²) in [6.07, 6.45) is 0.643. The maximum Gasteiger partial charge on any atom is 0.341 e. The minimum atomic E-state index is -1.03. The van der Waals surface area contributed by atoms with E-state index in [-0.39, 0.29) is 30.9 Å². The fraction of sp³-hybridized carbons (Fsp3) is 0.444. The van der Waals surface area contributed by atoms with E-state index in [0.717, 1.165) is 5.56 Å². The molecule has 0 aliphatic rings. The van der Waals surface area contributed by atoms with Gasteiger partial charge in [0.1, 0.15) is 5.75 Å². The molecule has 0 spiro atoms. The topological polar surface area (TPSA) is 115 Å². The fourth-order valence-electron chi connectivity index (χ4n) is 2.22. The summed E-state index contributed by atoms with van der Waals surface area (Å²) in [5.41, 5.74) is 0.890. The molecular weight excluding hydrogens is 338 g/mol. The van der Waals surface area contributed by atoms with Crippen LogP contribution in [0.3, 0.4) is 0 Å². The van der Waals surface area contributed by atoms with E-state index in [2.05, 4.69) is 15.5 Å². The van der Waals surface area contributed by atoms with Crippen LogP contribution in [0, 0.1) is 0 Å². The van der Waals surface area contributed by atoms with E-state index in [9.17, 15) is 9.59 Å². The SMILES string of the molecule is CC(C)c1noc(CCC(=O)NC(C)c2ccc(OCC(=O)O)cc2)n1. The van der Waals surface area contributed by atoms with Crippen molar-refractivity contribution in [2.45, 2.75) is 45.6 Å². The van der Waals surface area contributed by atoms with Gasteiger partial charge in [-0.2, -0.15) is 4.98 Å². The average molecular weight is 361 g/mol. The van der Waals surface area contributed by atoms with Gasteiger partial charge in [-0.3, -0.25) is 4.79 Å². The highest BCUT2D eigenvalue weighted by Gasteiger charge is 2.13. The van der Waals surface area contributed by atoms with Crippen molar-refractivity contribution in [1.29, 1.82) is 0 Å². The Morgan fingerprint density at radius 2 is 1.92 bits per heavy atom. The van der Waals surface area contributed by atoms with Crippen LogP contribution in [0.1, 0.15) is 56.4 Å². The van der Waals surface area contributed by atoms with Gasteiger partial charge in [0.25, 0.3) is 0 Å². The normalized spacial score (nSPS) is 12.0. The number of aromatic nitrogens is 2. The van der Waals surface area contributed by atoms with Crippen molar-refractivity contribution in [1.82, 2.24) is 15.5 Å². The number of ether oxygens (including phenoxy) is 1. The molecule has 1 atom stereocenters. The van der Waals surface area contributed by atoms with Crippen LogP contribution in [0.4, 0.5) is 0 Å². The number of hydrogen-bond donors (Lipinski definition) is 2. The number of benzene rings is 1. The van der Waals surface area contributed by atoms with Crippen molar-refractivity contribution in [2.24, 2.45) is 0 Å². The number of hydrogen-bond acceptors (Lipinski definition) is 6. The van der Waals surface area contributed by atoms with E-state index in [1.165, 1.54) is 0 Å². The lowest BCUT2D eigenvalue weighted by atomic mass is 10.1. The highest BCUT2D eigenvalue weighted by Crippen LogP contribution is 2.18. The summed E-state index contributed by atoms with van der Waals surface area (Å²) in [6, 6.07) is 6.73. The summed E-state index contributed by atoms with van der Waals surface area (Å²) < 4.78 is 10.2. The molecule has 8 nitrogen and oxygen atoms in total. The standard InChI is InChI=1S/C18H23N3O5/c1-11(2)18-20-16(26-21-18)9-8-15(22)19-12(3)13-4-6-14(7-5-13)25-10-17(23)24/h4-7,11-12H,8-10H2,1-3H3,(H,19,22)(H,23,24). The van der Waals surface area contributed by atoms with Gasteiger partial charge in [0.2, 0.25) is 11.8 Å². The molecule has 1 heterocycles. The van der Waals surface area contributed by atoms with Gasteiger partial charge in [0.05, 0.1) is 6.04 Å². The van der Waals surface area contributed by atoms with Crippen LogP contribution in [-0.4, -0.2) is 33.7 Å². The number of carboxylic acid groups (broad SMARTS) is 1. The lowest BCUT2D eigenvalue weighted by Crippen LogP contribution is -2.26. The molecule has 0 aliphatic carbocycles. The minimum Gasteiger partial charge on any atom is -0.482 e. The lowest BCUT2D eigenvalue weighted by Gasteiger charge is -2.14. The molecule has 0 bridgehead atoms. The van der Waals surface area contributed by atoms with Crippen LogP contribution in [0.2, 0.25) is 0 Å². The smallest absolute Gasteiger partial charge is 0.341 e. The van der Waals surface area contributed by atoms with E-state index in [0.29, 0.717) is 23.9 Å². The number of aryl methyl sites for hydroxylation is 1. The predicted molar refractivity (Wildman–Crippen MR) is 92.8 cm³/mol. The molecule has 2 rings (SSSR count). The fourth-order valence-corrected chi connectivity index (χ4v) is 2.22. The van der Waals surface area contributed by atoms with Crippen molar-refractivity contribution >= 4 is 11.9 Å². The maximum absolute atomic E-state index is 12.1. The summed E-state index contributed by atoms with van der Waals surface area (Å²) in [5.74, 6) is 0.593. The van der Waals surface area contributed by atoms with Crippen molar-refractivity contribution in [3.63, 3.8) is 0 Å². The van der Waals surface area contributed by atoms with Crippen molar-refractivity contribution in [2.75, 3.05) is 6.61 Å². The Morgan fingerprint density at radius 3 is 2.50 bits per heavy atom. The van der Waals surface area contributed by atoms with Gasteiger partial charge < -0.3 is 19.7 Å². The molecule has 1 aromatic carbocycles. The lowest BCUT2D eigenvalue weighted by molar-refractivity contribution is -0.139. The van der Waals surface area contributed by atoms with Crippen molar-refractivity contribution in [3.05, 3.63) is 41.5 Å². The second kappa shape index (κ2) is 8.98. The Hall–Kier alpha value is -2.90. The highest BCUT2D eigenvalue weighted by atomic mass is 16.5. The number of carbonyl (C=O) groups is 2. The predicted octanol–water partition coefficient (Wildman–Crippen LogP) is 2.47. The first-order valence-corrected chi connectivity index (χ1v) is 8.41. The first-order valence-electron chi connectivity index (χ1n) is 8.41. The Labute approximate surface area is 151 Å². The molecule has 26 heavy (non-hydrogen) atoms. The van der Waals surface area contributed by atoms with E-state index in [4.69, 9.17) is 14.4 Å². The third-order valence-corrected chi connectivity index (χ3v) is 3.69. The molecule has 1 unspecified atom stereocenters. The minimum absolute atomic E-state index is 0.118. The zero-order valence-electron chi connectivity index (χ0n) is 15.1. The summed E-state index contributed by atoms with van der Waals surface area (Å²) >= 11 is 0. The second-order valence-electron chi connectivity index (χ2n) is 6.24. The monoisotopic (exact) mass is 361 g/mol. The van der Waals surface area contributed by atoms with Crippen molar-refractivity contribution < 1.29 is 24.0 Å². The van der Waals surface area contributed by atoms with Gasteiger partial charge in [-0.1, -0.05) is 31.1 Å². The molecule has 0 aliphatic heterocycles. The zero-order valence-corrected chi connectivity index (χ0v) is 15.1. The Morgan fingerprint density at radius 1 is 1.23 bits per heavy atom. The van der Waals surface area contributed by atoms with Gasteiger partial charge in [0.15, 0.2) is 12.4 Å². The molecule has 8 heteroatoms. The number of rotatable bonds is 9. The van der Waals surface area contributed by atoms with Gasteiger partial charge in [-0.25, -0.2) is 4.79 Å². The van der Waals surface area contributed by atoms with Gasteiger partial charge >= 0.3 is 5.97 Å². The summed E-state index contributed by atoms with van der Waals surface area (Å²) in [5, 5.41) is 15.4. The van der Waals surface area contributed by atoms with Crippen LogP contribution < -0.4 is 10.1 Å². The highest BCUT2D eigenvalue weighted by molar-refractivity contribution is 5.76.